The number of hydrogen-bond acceptors (Lipinski definition) is 4. The summed E-state index contributed by atoms with van der Waals surface area (Å²) in [6, 6.07) is 9.88. The van der Waals surface area contributed by atoms with Crippen molar-refractivity contribution in [3.05, 3.63) is 90.0 Å². The summed E-state index contributed by atoms with van der Waals surface area (Å²) in [4.78, 5) is 3.97. The predicted molar refractivity (Wildman–Crippen MR) is 93.9 cm³/mol. The molecule has 5 nitrogen and oxygen atoms in total. The highest BCUT2D eigenvalue weighted by Crippen LogP contribution is 2.24. The molecule has 0 aliphatic carbocycles. The predicted octanol–water partition coefficient (Wildman–Crippen LogP) is 4.58. The van der Waals surface area contributed by atoms with Crippen LogP contribution in [0.5, 0.6) is 5.75 Å². The van der Waals surface area contributed by atoms with E-state index in [1.807, 2.05) is 16.8 Å². The monoisotopic (exact) mass is 385 g/mol. The number of aromatic nitrogens is 3. The molecule has 8 heteroatoms. The maximum atomic E-state index is 13.7. The topological polar surface area (TPSA) is 53.1 Å². The third kappa shape index (κ3) is 3.90. The number of nitrogens with zero attached hydrogens (tertiary/aromatic N) is 3. The fourth-order valence-corrected chi connectivity index (χ4v) is 2.67. The third-order valence-electron chi connectivity index (χ3n) is 4.10. The number of benzene rings is 2. The van der Waals surface area contributed by atoms with E-state index in [2.05, 4.69) is 10.1 Å². The number of halogens is 3. The normalized spacial score (nSPS) is 11.0. The van der Waals surface area contributed by atoms with Gasteiger partial charge in [0.1, 0.15) is 35.5 Å². The Kier molecular flexibility index (Phi) is 4.84. The fourth-order valence-electron chi connectivity index (χ4n) is 2.67. The van der Waals surface area contributed by atoms with Gasteiger partial charge in [0, 0.05) is 36.2 Å². The summed E-state index contributed by atoms with van der Waals surface area (Å²) in [5, 5.41) is 4.04. The Balaban J connectivity index is 1.42. The standard InChI is InChI=1S/C20H14F3N3O2/c21-14-7-18(22)17(19(23)8-14)11-27-15-3-1-13(2-4-15)20-9-16(28-25-20)10-26-6-5-24-12-26/h1-9,12H,10-11H2. The molecule has 0 fully saturated rings. The van der Waals surface area contributed by atoms with Gasteiger partial charge in [0.2, 0.25) is 0 Å². The zero-order valence-corrected chi connectivity index (χ0v) is 14.5. The van der Waals surface area contributed by atoms with Crippen molar-refractivity contribution in [1.82, 2.24) is 14.7 Å². The van der Waals surface area contributed by atoms with Crippen molar-refractivity contribution in [3.63, 3.8) is 0 Å². The summed E-state index contributed by atoms with van der Waals surface area (Å²) in [6.07, 6.45) is 5.18. The molecule has 2 aromatic heterocycles. The van der Waals surface area contributed by atoms with E-state index in [0.717, 1.165) is 5.56 Å². The maximum absolute atomic E-state index is 13.7. The minimum Gasteiger partial charge on any atom is -0.489 e. The summed E-state index contributed by atoms with van der Waals surface area (Å²) < 4.78 is 52.8. The number of rotatable bonds is 6. The van der Waals surface area contributed by atoms with Crippen molar-refractivity contribution >= 4 is 0 Å². The van der Waals surface area contributed by atoms with Crippen LogP contribution in [0.2, 0.25) is 0 Å². The van der Waals surface area contributed by atoms with E-state index >= 15 is 0 Å². The largest absolute Gasteiger partial charge is 0.489 e. The van der Waals surface area contributed by atoms with Crippen LogP contribution in [0.1, 0.15) is 11.3 Å². The first-order valence-electron chi connectivity index (χ1n) is 8.36. The molecule has 0 bridgehead atoms. The molecule has 0 saturated heterocycles. The van der Waals surface area contributed by atoms with Crippen molar-refractivity contribution in [2.45, 2.75) is 13.2 Å². The van der Waals surface area contributed by atoms with Gasteiger partial charge in [-0.1, -0.05) is 5.16 Å². The summed E-state index contributed by atoms with van der Waals surface area (Å²) in [7, 11) is 0. The Bertz CT molecular complexity index is 1050. The Morgan fingerprint density at radius 3 is 2.43 bits per heavy atom. The molecule has 0 amide bonds. The zero-order chi connectivity index (χ0) is 19.5. The molecule has 0 unspecified atom stereocenters. The summed E-state index contributed by atoms with van der Waals surface area (Å²) in [6.45, 7) is 0.166. The highest BCUT2D eigenvalue weighted by molar-refractivity contribution is 5.59. The van der Waals surface area contributed by atoms with E-state index in [-0.39, 0.29) is 12.2 Å². The number of ether oxygens (including phenoxy) is 1. The van der Waals surface area contributed by atoms with Crippen LogP contribution in [0.25, 0.3) is 11.3 Å². The maximum Gasteiger partial charge on any atom is 0.157 e. The molecule has 2 heterocycles. The minimum atomic E-state index is -0.984. The van der Waals surface area contributed by atoms with Gasteiger partial charge >= 0.3 is 0 Å². The lowest BCUT2D eigenvalue weighted by Gasteiger charge is -2.08. The van der Waals surface area contributed by atoms with Crippen LogP contribution in [0, 0.1) is 17.5 Å². The molecule has 142 valence electrons. The second-order valence-electron chi connectivity index (χ2n) is 6.07. The lowest BCUT2D eigenvalue weighted by Crippen LogP contribution is -2.03. The van der Waals surface area contributed by atoms with Gasteiger partial charge in [-0.3, -0.25) is 0 Å². The average Bonchev–Trinajstić information content (AvgIpc) is 3.34. The first kappa shape index (κ1) is 17.8. The molecule has 0 aliphatic heterocycles. The van der Waals surface area contributed by atoms with Gasteiger partial charge in [-0.05, 0) is 24.3 Å². The molecular formula is C20H14F3N3O2. The van der Waals surface area contributed by atoms with Gasteiger partial charge < -0.3 is 13.8 Å². The molecule has 0 saturated carbocycles. The second kappa shape index (κ2) is 7.59. The van der Waals surface area contributed by atoms with E-state index in [0.29, 0.717) is 35.9 Å². The molecule has 4 aromatic rings. The Morgan fingerprint density at radius 1 is 1.00 bits per heavy atom. The minimum absolute atomic E-state index is 0.328. The lowest BCUT2D eigenvalue weighted by atomic mass is 10.1. The van der Waals surface area contributed by atoms with Crippen molar-refractivity contribution < 1.29 is 22.4 Å². The molecule has 0 N–H and O–H groups in total. The van der Waals surface area contributed by atoms with Gasteiger partial charge in [-0.2, -0.15) is 0 Å². The van der Waals surface area contributed by atoms with Crippen LogP contribution < -0.4 is 4.74 Å². The van der Waals surface area contributed by atoms with Gasteiger partial charge in [-0.15, -0.1) is 0 Å². The lowest BCUT2D eigenvalue weighted by molar-refractivity contribution is 0.292. The molecular weight excluding hydrogens is 371 g/mol. The Labute approximate surface area is 158 Å². The summed E-state index contributed by atoms with van der Waals surface area (Å²) in [5.41, 5.74) is 1.12. The van der Waals surface area contributed by atoms with Crippen LogP contribution in [0.3, 0.4) is 0 Å². The highest BCUT2D eigenvalue weighted by atomic mass is 19.1. The second-order valence-corrected chi connectivity index (χ2v) is 6.07. The average molecular weight is 385 g/mol. The molecule has 4 rings (SSSR count). The molecule has 0 spiro atoms. The molecule has 0 radical (unpaired) electrons. The van der Waals surface area contributed by atoms with Crippen molar-refractivity contribution in [2.75, 3.05) is 0 Å². The molecule has 0 aliphatic rings. The van der Waals surface area contributed by atoms with E-state index in [9.17, 15) is 13.2 Å². The molecule has 28 heavy (non-hydrogen) atoms. The van der Waals surface area contributed by atoms with Crippen LogP contribution >= 0.6 is 0 Å². The first-order valence-corrected chi connectivity index (χ1v) is 8.36. The van der Waals surface area contributed by atoms with Gasteiger partial charge in [0.05, 0.1) is 18.4 Å². The van der Waals surface area contributed by atoms with Gasteiger partial charge in [0.15, 0.2) is 5.76 Å². The van der Waals surface area contributed by atoms with Crippen molar-refractivity contribution in [1.29, 1.82) is 0 Å². The Hall–Kier alpha value is -3.55. The molecule has 0 atom stereocenters. The van der Waals surface area contributed by atoms with E-state index < -0.39 is 17.5 Å². The molecule has 2 aromatic carbocycles. The smallest absolute Gasteiger partial charge is 0.157 e. The van der Waals surface area contributed by atoms with E-state index in [4.69, 9.17) is 9.26 Å². The van der Waals surface area contributed by atoms with Crippen LogP contribution in [0.4, 0.5) is 13.2 Å². The van der Waals surface area contributed by atoms with Gasteiger partial charge in [0.25, 0.3) is 0 Å². The SMILES string of the molecule is Fc1cc(F)c(COc2ccc(-c3cc(Cn4ccnc4)on3)cc2)c(F)c1. The zero-order valence-electron chi connectivity index (χ0n) is 14.5. The van der Waals surface area contributed by atoms with Gasteiger partial charge in [-0.25, -0.2) is 18.2 Å². The summed E-state index contributed by atoms with van der Waals surface area (Å²) in [5.74, 6) is -1.85. The quantitative estimate of drug-likeness (QED) is 0.487. The van der Waals surface area contributed by atoms with Crippen molar-refractivity contribution in [3.8, 4) is 17.0 Å². The first-order chi connectivity index (χ1) is 13.6. The Morgan fingerprint density at radius 2 is 1.75 bits per heavy atom. The third-order valence-corrected chi connectivity index (χ3v) is 4.10. The number of imidazole rings is 1. The highest BCUT2D eigenvalue weighted by Gasteiger charge is 2.12. The van der Waals surface area contributed by atoms with Crippen LogP contribution in [0.15, 0.2) is 65.7 Å². The van der Waals surface area contributed by atoms with Crippen LogP contribution in [-0.2, 0) is 13.2 Å². The fraction of sp³-hybridized carbons (Fsp3) is 0.100. The number of hydrogen-bond donors (Lipinski definition) is 0. The van der Waals surface area contributed by atoms with E-state index in [1.54, 1.807) is 36.8 Å². The van der Waals surface area contributed by atoms with E-state index in [1.165, 1.54) is 0 Å². The van der Waals surface area contributed by atoms with Crippen LogP contribution in [-0.4, -0.2) is 14.7 Å². The van der Waals surface area contributed by atoms with Crippen molar-refractivity contribution in [2.24, 2.45) is 0 Å². The summed E-state index contributed by atoms with van der Waals surface area (Å²) >= 11 is 0.